The highest BCUT2D eigenvalue weighted by atomic mass is 16.3. The van der Waals surface area contributed by atoms with Crippen LogP contribution < -0.4 is 0 Å². The maximum atomic E-state index is 6.29. The summed E-state index contributed by atoms with van der Waals surface area (Å²) in [5.74, 6) is 0.645. The normalized spacial score (nSPS) is 12.0. The Morgan fingerprint density at radius 2 is 1.32 bits per heavy atom. The lowest BCUT2D eigenvalue weighted by atomic mass is 10.0. The number of rotatable bonds is 2. The van der Waals surface area contributed by atoms with Crippen molar-refractivity contribution >= 4 is 60.4 Å². The van der Waals surface area contributed by atoms with E-state index in [0.29, 0.717) is 11.5 Å². The van der Waals surface area contributed by atoms with Crippen LogP contribution in [0.15, 0.2) is 120 Å². The van der Waals surface area contributed by atoms with Gasteiger partial charge in [-0.2, -0.15) is 0 Å². The molecule has 0 aliphatic heterocycles. The van der Waals surface area contributed by atoms with Gasteiger partial charge in [0.2, 0.25) is 0 Å². The smallest absolute Gasteiger partial charge is 0.183 e. The second-order valence-electron chi connectivity index (χ2n) is 10.5. The van der Waals surface area contributed by atoms with Crippen LogP contribution >= 0.6 is 0 Å². The quantitative estimate of drug-likeness (QED) is 0.211. The third kappa shape index (κ3) is 3.08. The van der Waals surface area contributed by atoms with Gasteiger partial charge < -0.3 is 4.42 Å². The van der Waals surface area contributed by atoms with Crippen molar-refractivity contribution < 1.29 is 4.42 Å². The van der Waals surface area contributed by atoms with Gasteiger partial charge in [-0.15, -0.1) is 0 Å². The Hall–Kier alpha value is -5.55. The van der Waals surface area contributed by atoms with Crippen molar-refractivity contribution in [3.05, 3.63) is 121 Å². The van der Waals surface area contributed by atoms with E-state index in [1.54, 1.807) is 0 Å². The zero-order valence-electron chi connectivity index (χ0n) is 22.2. The fourth-order valence-corrected chi connectivity index (χ4v) is 6.36. The van der Waals surface area contributed by atoms with Crippen molar-refractivity contribution in [1.29, 1.82) is 0 Å². The minimum Gasteiger partial charge on any atom is -0.456 e. The van der Waals surface area contributed by atoms with Crippen LogP contribution in [0.5, 0.6) is 0 Å². The van der Waals surface area contributed by atoms with Crippen molar-refractivity contribution in [2.24, 2.45) is 0 Å². The number of hydrogen-bond acceptors (Lipinski definition) is 4. The Kier molecular flexibility index (Phi) is 4.47. The fraction of sp³-hybridized carbons (Fsp3) is 0.0278. The summed E-state index contributed by atoms with van der Waals surface area (Å²) in [5.41, 5.74) is 9.18. The summed E-state index contributed by atoms with van der Waals surface area (Å²) < 4.78 is 8.54. The van der Waals surface area contributed by atoms with E-state index in [2.05, 4.69) is 72.0 Å². The summed E-state index contributed by atoms with van der Waals surface area (Å²) in [6, 6.07) is 39.5. The van der Waals surface area contributed by atoms with Gasteiger partial charge in [0.1, 0.15) is 28.0 Å². The first-order valence-corrected chi connectivity index (χ1v) is 13.7. The summed E-state index contributed by atoms with van der Waals surface area (Å²) in [6.07, 6.45) is 0. The van der Waals surface area contributed by atoms with Crippen LogP contribution in [0.3, 0.4) is 0 Å². The van der Waals surface area contributed by atoms with Gasteiger partial charge in [-0.3, -0.25) is 4.40 Å². The monoisotopic (exact) mass is 526 g/mol. The molecule has 0 spiro atoms. The average molecular weight is 527 g/mol. The van der Waals surface area contributed by atoms with E-state index in [1.165, 1.54) is 16.3 Å². The number of pyridine rings is 1. The minimum atomic E-state index is 0.645. The number of fused-ring (bicyclic) bond motifs is 11. The molecule has 0 atom stereocenters. The van der Waals surface area contributed by atoms with Crippen molar-refractivity contribution in [2.75, 3.05) is 0 Å². The number of benzene rings is 5. The highest BCUT2D eigenvalue weighted by molar-refractivity contribution is 6.17. The predicted octanol–water partition coefficient (Wildman–Crippen LogP) is 9.13. The number of aromatic nitrogens is 4. The van der Waals surface area contributed by atoms with Gasteiger partial charge >= 0.3 is 0 Å². The first-order chi connectivity index (χ1) is 20.3. The van der Waals surface area contributed by atoms with Gasteiger partial charge in [0.05, 0.1) is 5.52 Å². The van der Waals surface area contributed by atoms with E-state index in [1.807, 2.05) is 54.6 Å². The molecule has 0 fully saturated rings. The van der Waals surface area contributed by atoms with Gasteiger partial charge in [0.15, 0.2) is 11.5 Å². The molecule has 0 saturated carbocycles. The SMILES string of the molecule is Cc1cccc2c1c1ccccc1c1nc3nc(-c4ccccc4)nc(-c4cccc5oc6ccccc6c45)c3n21. The Balaban J connectivity index is 1.54. The molecule has 9 rings (SSSR count). The first-order valence-electron chi connectivity index (χ1n) is 13.7. The summed E-state index contributed by atoms with van der Waals surface area (Å²) in [4.78, 5) is 15.6. The molecule has 41 heavy (non-hydrogen) atoms. The lowest BCUT2D eigenvalue weighted by molar-refractivity contribution is 0.669. The molecule has 5 nitrogen and oxygen atoms in total. The molecule has 192 valence electrons. The average Bonchev–Trinajstić information content (AvgIpc) is 3.60. The van der Waals surface area contributed by atoms with Crippen molar-refractivity contribution in [3.63, 3.8) is 0 Å². The van der Waals surface area contributed by atoms with E-state index in [0.717, 1.165) is 60.8 Å². The second-order valence-corrected chi connectivity index (χ2v) is 10.5. The van der Waals surface area contributed by atoms with Crippen LogP contribution in [-0.2, 0) is 0 Å². The summed E-state index contributed by atoms with van der Waals surface area (Å²) >= 11 is 0. The van der Waals surface area contributed by atoms with E-state index in [4.69, 9.17) is 19.4 Å². The lowest BCUT2D eigenvalue weighted by Crippen LogP contribution is -1.98. The van der Waals surface area contributed by atoms with Crippen molar-refractivity contribution in [1.82, 2.24) is 19.4 Å². The summed E-state index contributed by atoms with van der Waals surface area (Å²) in [5, 5.41) is 5.58. The summed E-state index contributed by atoms with van der Waals surface area (Å²) in [6.45, 7) is 2.17. The molecule has 0 aliphatic carbocycles. The van der Waals surface area contributed by atoms with Crippen LogP contribution in [0.1, 0.15) is 5.56 Å². The largest absolute Gasteiger partial charge is 0.456 e. The van der Waals surface area contributed by atoms with Gasteiger partial charge in [-0.25, -0.2) is 15.0 Å². The topological polar surface area (TPSA) is 56.2 Å². The predicted molar refractivity (Wildman–Crippen MR) is 166 cm³/mol. The Morgan fingerprint density at radius 3 is 2.20 bits per heavy atom. The third-order valence-corrected chi connectivity index (χ3v) is 8.13. The van der Waals surface area contributed by atoms with E-state index >= 15 is 0 Å². The molecule has 0 unspecified atom stereocenters. The number of hydrogen-bond donors (Lipinski definition) is 0. The van der Waals surface area contributed by atoms with Crippen LogP contribution in [0.4, 0.5) is 0 Å². The highest BCUT2D eigenvalue weighted by Crippen LogP contribution is 2.41. The van der Waals surface area contributed by atoms with Crippen molar-refractivity contribution in [3.8, 4) is 22.6 Å². The number of para-hydroxylation sites is 1. The van der Waals surface area contributed by atoms with Crippen LogP contribution in [-0.4, -0.2) is 19.4 Å². The maximum Gasteiger partial charge on any atom is 0.183 e. The van der Waals surface area contributed by atoms with Gasteiger partial charge in [-0.05, 0) is 36.1 Å². The number of imidazole rings is 1. The van der Waals surface area contributed by atoms with E-state index in [9.17, 15) is 0 Å². The molecular formula is C36H22N4O. The molecule has 4 aromatic heterocycles. The molecule has 0 N–H and O–H groups in total. The molecule has 0 aliphatic rings. The molecule has 4 heterocycles. The molecule has 5 heteroatoms. The number of nitrogens with zero attached hydrogens (tertiary/aromatic N) is 4. The highest BCUT2D eigenvalue weighted by Gasteiger charge is 2.23. The first kappa shape index (κ1) is 22.3. The van der Waals surface area contributed by atoms with Crippen LogP contribution in [0.2, 0.25) is 0 Å². The Bertz CT molecular complexity index is 2490. The van der Waals surface area contributed by atoms with Gasteiger partial charge in [0.25, 0.3) is 0 Å². The lowest BCUT2D eigenvalue weighted by Gasteiger charge is -2.13. The zero-order valence-corrected chi connectivity index (χ0v) is 22.2. The second kappa shape index (κ2) is 8.23. The van der Waals surface area contributed by atoms with Crippen LogP contribution in [0.25, 0.3) is 83.1 Å². The number of aryl methyl sites for hydroxylation is 1. The standard InChI is InChI=1S/C36H22N4O/c1-21-11-9-18-27-30(21)23-14-5-6-15-24(23)36-39-35-33(40(27)36)32(37-34(38-35)22-12-3-2-4-13-22)26-17-10-20-29-31(26)25-16-7-8-19-28(25)41-29/h2-20H,1H3. The van der Waals surface area contributed by atoms with E-state index < -0.39 is 0 Å². The van der Waals surface area contributed by atoms with Crippen molar-refractivity contribution in [2.45, 2.75) is 6.92 Å². The zero-order chi connectivity index (χ0) is 27.1. The molecule has 0 bridgehead atoms. The molecule has 0 radical (unpaired) electrons. The minimum absolute atomic E-state index is 0.645. The molecular weight excluding hydrogens is 504 g/mol. The van der Waals surface area contributed by atoms with Gasteiger partial charge in [-0.1, -0.05) is 97.1 Å². The molecule has 5 aromatic carbocycles. The third-order valence-electron chi connectivity index (χ3n) is 8.13. The van der Waals surface area contributed by atoms with E-state index in [-0.39, 0.29) is 0 Å². The maximum absolute atomic E-state index is 6.29. The Morgan fingerprint density at radius 1 is 0.585 bits per heavy atom. The molecule has 0 amide bonds. The summed E-state index contributed by atoms with van der Waals surface area (Å²) in [7, 11) is 0. The Labute approximate surface area is 234 Å². The van der Waals surface area contributed by atoms with Crippen LogP contribution in [0, 0.1) is 6.92 Å². The fourth-order valence-electron chi connectivity index (χ4n) is 6.36. The van der Waals surface area contributed by atoms with Gasteiger partial charge in [0, 0.05) is 32.7 Å². The molecule has 9 aromatic rings. The number of furan rings is 1. The molecule has 0 saturated heterocycles.